The fraction of sp³-hybridized carbons (Fsp3) is 0.381. The number of amides is 2. The standard InChI is InChI=1S/C21H25N3O3/c1-15(17-5-4-10-22-12-17)23(2)21(26)18-11-20(25)24(14-18)13-16-6-8-19(27-3)9-7-16/h4-10,12,15,18H,11,13-14H2,1-3H3. The van der Waals surface area contributed by atoms with E-state index in [-0.39, 0.29) is 30.2 Å². The first-order valence-electron chi connectivity index (χ1n) is 9.07. The number of ether oxygens (including phenoxy) is 1. The van der Waals surface area contributed by atoms with Gasteiger partial charge in [0, 0.05) is 39.0 Å². The molecule has 27 heavy (non-hydrogen) atoms. The van der Waals surface area contributed by atoms with Crippen molar-refractivity contribution in [3.63, 3.8) is 0 Å². The maximum absolute atomic E-state index is 12.9. The number of methoxy groups -OCH3 is 1. The minimum Gasteiger partial charge on any atom is -0.497 e. The number of likely N-dealkylation sites (tertiary alicyclic amines) is 1. The molecule has 0 radical (unpaired) electrons. The minimum atomic E-state index is -0.306. The Bertz CT molecular complexity index is 792. The number of rotatable bonds is 6. The SMILES string of the molecule is COc1ccc(CN2CC(C(=O)N(C)C(C)c3cccnc3)CC2=O)cc1. The Morgan fingerprint density at radius 3 is 2.70 bits per heavy atom. The van der Waals surface area contributed by atoms with E-state index >= 15 is 0 Å². The summed E-state index contributed by atoms with van der Waals surface area (Å²) in [5.41, 5.74) is 2.00. The summed E-state index contributed by atoms with van der Waals surface area (Å²) in [5, 5.41) is 0. The molecule has 2 heterocycles. The highest BCUT2D eigenvalue weighted by Crippen LogP contribution is 2.26. The first-order valence-corrected chi connectivity index (χ1v) is 9.07. The van der Waals surface area contributed by atoms with Crippen molar-refractivity contribution in [1.82, 2.24) is 14.8 Å². The third kappa shape index (κ3) is 4.27. The van der Waals surface area contributed by atoms with Gasteiger partial charge in [0.25, 0.3) is 0 Å². The highest BCUT2D eigenvalue weighted by Gasteiger charge is 2.36. The topological polar surface area (TPSA) is 62.7 Å². The molecule has 6 heteroatoms. The zero-order valence-corrected chi connectivity index (χ0v) is 16.0. The van der Waals surface area contributed by atoms with E-state index in [4.69, 9.17) is 4.74 Å². The molecule has 3 rings (SSSR count). The molecule has 2 aromatic rings. The predicted octanol–water partition coefficient (Wildman–Crippen LogP) is 2.66. The number of pyridine rings is 1. The smallest absolute Gasteiger partial charge is 0.228 e. The van der Waals surface area contributed by atoms with Gasteiger partial charge >= 0.3 is 0 Å². The van der Waals surface area contributed by atoms with E-state index in [2.05, 4.69) is 4.98 Å². The normalized spacial score (nSPS) is 17.7. The zero-order valence-electron chi connectivity index (χ0n) is 16.0. The molecule has 1 aromatic heterocycles. The fourth-order valence-electron chi connectivity index (χ4n) is 3.37. The van der Waals surface area contributed by atoms with Gasteiger partial charge in [-0.25, -0.2) is 0 Å². The van der Waals surface area contributed by atoms with Crippen molar-refractivity contribution < 1.29 is 14.3 Å². The van der Waals surface area contributed by atoms with E-state index in [0.29, 0.717) is 13.1 Å². The number of aromatic nitrogens is 1. The summed E-state index contributed by atoms with van der Waals surface area (Å²) in [5.74, 6) is 0.494. The molecule has 0 saturated carbocycles. The summed E-state index contributed by atoms with van der Waals surface area (Å²) >= 11 is 0. The summed E-state index contributed by atoms with van der Waals surface area (Å²) in [7, 11) is 3.41. The molecule has 0 spiro atoms. The third-order valence-corrected chi connectivity index (χ3v) is 5.19. The highest BCUT2D eigenvalue weighted by atomic mass is 16.5. The molecule has 142 valence electrons. The maximum atomic E-state index is 12.9. The van der Waals surface area contributed by atoms with Crippen LogP contribution in [0.25, 0.3) is 0 Å². The first-order chi connectivity index (χ1) is 13.0. The van der Waals surface area contributed by atoms with Gasteiger partial charge in [0.05, 0.1) is 19.1 Å². The second-order valence-corrected chi connectivity index (χ2v) is 6.93. The Morgan fingerprint density at radius 1 is 1.33 bits per heavy atom. The van der Waals surface area contributed by atoms with Gasteiger partial charge in [-0.15, -0.1) is 0 Å². The van der Waals surface area contributed by atoms with Crippen molar-refractivity contribution >= 4 is 11.8 Å². The number of carbonyl (C=O) groups is 2. The Morgan fingerprint density at radius 2 is 2.07 bits per heavy atom. The molecule has 2 unspecified atom stereocenters. The van der Waals surface area contributed by atoms with Crippen LogP contribution in [0.3, 0.4) is 0 Å². The molecule has 6 nitrogen and oxygen atoms in total. The van der Waals surface area contributed by atoms with Crippen LogP contribution in [-0.2, 0) is 16.1 Å². The van der Waals surface area contributed by atoms with Crippen LogP contribution in [0.15, 0.2) is 48.8 Å². The third-order valence-electron chi connectivity index (χ3n) is 5.19. The van der Waals surface area contributed by atoms with Crippen LogP contribution in [0.1, 0.15) is 30.5 Å². The number of hydrogen-bond donors (Lipinski definition) is 0. The van der Waals surface area contributed by atoms with Crippen molar-refractivity contribution in [3.05, 3.63) is 59.9 Å². The van der Waals surface area contributed by atoms with Crippen LogP contribution in [0.2, 0.25) is 0 Å². The van der Waals surface area contributed by atoms with Crippen LogP contribution in [0.5, 0.6) is 5.75 Å². The maximum Gasteiger partial charge on any atom is 0.228 e. The van der Waals surface area contributed by atoms with Crippen LogP contribution in [-0.4, -0.2) is 47.3 Å². The van der Waals surface area contributed by atoms with Crippen molar-refractivity contribution in [1.29, 1.82) is 0 Å². The molecular formula is C21H25N3O3. The number of nitrogens with zero attached hydrogens (tertiary/aromatic N) is 3. The van der Waals surface area contributed by atoms with Crippen LogP contribution < -0.4 is 4.74 Å². The van der Waals surface area contributed by atoms with Crippen molar-refractivity contribution in [2.45, 2.75) is 25.9 Å². The summed E-state index contributed by atoms with van der Waals surface area (Å²) in [6.07, 6.45) is 3.74. The summed E-state index contributed by atoms with van der Waals surface area (Å²) in [6, 6.07) is 11.4. The summed E-state index contributed by atoms with van der Waals surface area (Å²) in [6.45, 7) is 2.93. The quantitative estimate of drug-likeness (QED) is 0.787. The van der Waals surface area contributed by atoms with Crippen LogP contribution in [0.4, 0.5) is 0 Å². The largest absolute Gasteiger partial charge is 0.497 e. The molecule has 1 aromatic carbocycles. The molecule has 1 fully saturated rings. The molecule has 0 aliphatic carbocycles. The number of carbonyl (C=O) groups excluding carboxylic acids is 2. The van der Waals surface area contributed by atoms with Gasteiger partial charge in [-0.3, -0.25) is 14.6 Å². The highest BCUT2D eigenvalue weighted by molar-refractivity contribution is 5.89. The van der Waals surface area contributed by atoms with Gasteiger partial charge in [0.2, 0.25) is 11.8 Å². The van der Waals surface area contributed by atoms with E-state index in [0.717, 1.165) is 16.9 Å². The Hall–Kier alpha value is -2.89. The lowest BCUT2D eigenvalue weighted by Crippen LogP contribution is -2.36. The number of hydrogen-bond acceptors (Lipinski definition) is 4. The lowest BCUT2D eigenvalue weighted by Gasteiger charge is -2.27. The second kappa shape index (κ2) is 8.20. The van der Waals surface area contributed by atoms with E-state index in [9.17, 15) is 9.59 Å². The van der Waals surface area contributed by atoms with Gasteiger partial charge in [0.15, 0.2) is 0 Å². The van der Waals surface area contributed by atoms with Crippen LogP contribution in [0, 0.1) is 5.92 Å². The zero-order chi connectivity index (χ0) is 19.4. The van der Waals surface area contributed by atoms with Crippen LogP contribution >= 0.6 is 0 Å². The predicted molar refractivity (Wildman–Crippen MR) is 102 cm³/mol. The van der Waals surface area contributed by atoms with Crippen molar-refractivity contribution in [2.75, 3.05) is 20.7 Å². The molecule has 2 amide bonds. The average Bonchev–Trinajstić information content (AvgIpc) is 3.07. The molecule has 1 aliphatic heterocycles. The molecular weight excluding hydrogens is 342 g/mol. The number of benzene rings is 1. The van der Waals surface area contributed by atoms with Gasteiger partial charge in [-0.2, -0.15) is 0 Å². The Balaban J connectivity index is 1.62. The lowest BCUT2D eigenvalue weighted by molar-refractivity contribution is -0.136. The van der Waals surface area contributed by atoms with E-state index in [1.807, 2.05) is 43.3 Å². The summed E-state index contributed by atoms with van der Waals surface area (Å²) < 4.78 is 5.16. The van der Waals surface area contributed by atoms with Gasteiger partial charge in [0.1, 0.15) is 5.75 Å². The average molecular weight is 367 g/mol. The molecule has 1 saturated heterocycles. The van der Waals surface area contributed by atoms with E-state index < -0.39 is 0 Å². The monoisotopic (exact) mass is 367 g/mol. The van der Waals surface area contributed by atoms with Crippen molar-refractivity contribution in [2.24, 2.45) is 5.92 Å². The van der Waals surface area contributed by atoms with Gasteiger partial charge < -0.3 is 14.5 Å². The Kier molecular flexibility index (Phi) is 5.74. The lowest BCUT2D eigenvalue weighted by atomic mass is 10.0. The summed E-state index contributed by atoms with van der Waals surface area (Å²) in [4.78, 5) is 32.9. The minimum absolute atomic E-state index is 0.00284. The molecule has 0 bridgehead atoms. The first kappa shape index (κ1) is 18.9. The second-order valence-electron chi connectivity index (χ2n) is 6.93. The van der Waals surface area contributed by atoms with E-state index in [1.54, 1.807) is 36.4 Å². The Labute approximate surface area is 159 Å². The molecule has 1 aliphatic rings. The fourth-order valence-corrected chi connectivity index (χ4v) is 3.37. The molecule has 0 N–H and O–H groups in total. The van der Waals surface area contributed by atoms with E-state index in [1.165, 1.54) is 0 Å². The molecule has 2 atom stereocenters. The van der Waals surface area contributed by atoms with Crippen molar-refractivity contribution in [3.8, 4) is 5.75 Å². The van der Waals surface area contributed by atoms with Gasteiger partial charge in [-0.1, -0.05) is 18.2 Å². The van der Waals surface area contributed by atoms with Gasteiger partial charge in [-0.05, 0) is 36.2 Å².